The molecule has 0 bridgehead atoms. The molecule has 0 N–H and O–H groups in total. The molecule has 7 heteroatoms. The highest BCUT2D eigenvalue weighted by atomic mass is 16.5. The topological polar surface area (TPSA) is 67.7 Å². The zero-order chi connectivity index (χ0) is 25.8. The molecule has 1 fully saturated rings. The number of piperidine rings is 1. The third kappa shape index (κ3) is 5.47. The van der Waals surface area contributed by atoms with Crippen LogP contribution in [0.1, 0.15) is 57.7 Å². The van der Waals surface area contributed by atoms with Crippen molar-refractivity contribution < 1.29 is 14.3 Å². The normalized spacial score (nSPS) is 16.3. The van der Waals surface area contributed by atoms with Gasteiger partial charge in [-0.3, -0.25) is 19.2 Å². The molecule has 2 aromatic carbocycles. The third-order valence-corrected chi connectivity index (χ3v) is 7.78. The van der Waals surface area contributed by atoms with Crippen molar-refractivity contribution in [1.82, 2.24) is 14.7 Å². The summed E-state index contributed by atoms with van der Waals surface area (Å²) in [5, 5.41) is 4.78. The highest BCUT2D eigenvalue weighted by Gasteiger charge is 2.30. The second kappa shape index (κ2) is 11.3. The van der Waals surface area contributed by atoms with Crippen molar-refractivity contribution in [2.24, 2.45) is 13.0 Å². The first-order valence-electron chi connectivity index (χ1n) is 13.4. The van der Waals surface area contributed by atoms with Crippen LogP contribution in [-0.2, 0) is 19.9 Å². The van der Waals surface area contributed by atoms with E-state index >= 15 is 0 Å². The number of aryl methyl sites for hydroxylation is 2. The van der Waals surface area contributed by atoms with Crippen molar-refractivity contribution in [2.45, 2.75) is 38.5 Å². The van der Waals surface area contributed by atoms with E-state index in [9.17, 15) is 9.59 Å². The van der Waals surface area contributed by atoms with Gasteiger partial charge < -0.3 is 9.64 Å². The molecule has 2 aliphatic rings. The van der Waals surface area contributed by atoms with Crippen molar-refractivity contribution in [2.75, 3.05) is 38.2 Å². The van der Waals surface area contributed by atoms with E-state index < -0.39 is 0 Å². The summed E-state index contributed by atoms with van der Waals surface area (Å²) in [5.41, 5.74) is 3.77. The number of benzene rings is 2. The Kier molecular flexibility index (Phi) is 7.70. The van der Waals surface area contributed by atoms with Crippen molar-refractivity contribution >= 4 is 17.5 Å². The van der Waals surface area contributed by atoms with Crippen LogP contribution in [0, 0.1) is 5.92 Å². The maximum Gasteiger partial charge on any atom is 0.259 e. The predicted molar refractivity (Wildman–Crippen MR) is 144 cm³/mol. The number of hydrogen-bond acceptors (Lipinski definition) is 5. The Balaban J connectivity index is 1.30. The Labute approximate surface area is 219 Å². The van der Waals surface area contributed by atoms with Gasteiger partial charge in [0.1, 0.15) is 11.6 Å². The van der Waals surface area contributed by atoms with Crippen LogP contribution >= 0.6 is 0 Å². The molecule has 1 amide bonds. The molecule has 0 saturated carbocycles. The monoisotopic (exact) mass is 500 g/mol. The molecule has 0 atom stereocenters. The summed E-state index contributed by atoms with van der Waals surface area (Å²) in [5.74, 6) is 1.95. The van der Waals surface area contributed by atoms with Crippen LogP contribution in [0.4, 0.5) is 5.82 Å². The van der Waals surface area contributed by atoms with Gasteiger partial charge in [-0.2, -0.15) is 5.10 Å². The lowest BCUT2D eigenvalue weighted by Crippen LogP contribution is -2.43. The summed E-state index contributed by atoms with van der Waals surface area (Å²) < 4.78 is 7.18. The van der Waals surface area contributed by atoms with Crippen LogP contribution in [0.25, 0.3) is 0 Å². The Bertz CT molecular complexity index is 1230. The van der Waals surface area contributed by atoms with Crippen LogP contribution in [0.2, 0.25) is 0 Å². The van der Waals surface area contributed by atoms with Gasteiger partial charge in [0.2, 0.25) is 0 Å². The predicted octanol–water partition coefficient (Wildman–Crippen LogP) is 4.55. The maximum atomic E-state index is 13.8. The number of fused-ring (bicyclic) bond motifs is 1. The van der Waals surface area contributed by atoms with Gasteiger partial charge in [0.15, 0.2) is 5.78 Å². The van der Waals surface area contributed by atoms with E-state index in [1.54, 1.807) is 7.11 Å². The average Bonchev–Trinajstić information content (AvgIpc) is 3.29. The zero-order valence-corrected chi connectivity index (χ0v) is 21.9. The minimum Gasteiger partial charge on any atom is -0.497 e. The van der Waals surface area contributed by atoms with Gasteiger partial charge in [-0.1, -0.05) is 30.3 Å². The Morgan fingerprint density at radius 2 is 1.68 bits per heavy atom. The van der Waals surface area contributed by atoms with Gasteiger partial charge in [0, 0.05) is 42.7 Å². The minimum atomic E-state index is -0.0202. The summed E-state index contributed by atoms with van der Waals surface area (Å²) in [6, 6.07) is 16.9. The molecular formula is C30H36N4O3. The van der Waals surface area contributed by atoms with E-state index in [1.165, 1.54) is 5.56 Å². The number of methoxy groups -OCH3 is 1. The van der Waals surface area contributed by atoms with Crippen LogP contribution in [0.5, 0.6) is 5.75 Å². The first kappa shape index (κ1) is 25.2. The summed E-state index contributed by atoms with van der Waals surface area (Å²) in [7, 11) is 3.57. The lowest BCUT2D eigenvalue weighted by atomic mass is 9.89. The van der Waals surface area contributed by atoms with Gasteiger partial charge in [-0.05, 0) is 75.9 Å². The molecule has 0 radical (unpaired) electrons. The standard InChI is InChI=1S/C30H36N4O3/c1-32-29(26-10-6-7-11-27(26)31-32)34(30(36)24-12-14-25(37-2)15-13-24)21-20-33-18-16-23(17-19-33)28(35)22-8-4-3-5-9-22/h3-5,8-9,12-15,23H,6-7,10-11,16-21H2,1-2H3. The number of likely N-dealkylation sites (tertiary alicyclic amines) is 1. The smallest absolute Gasteiger partial charge is 0.259 e. The highest BCUT2D eigenvalue weighted by Crippen LogP contribution is 2.31. The minimum absolute atomic E-state index is 0.0202. The van der Waals surface area contributed by atoms with Crippen molar-refractivity contribution in [3.8, 4) is 5.75 Å². The molecule has 7 nitrogen and oxygen atoms in total. The molecular weight excluding hydrogens is 464 g/mol. The fraction of sp³-hybridized carbons (Fsp3) is 0.433. The molecule has 1 aliphatic carbocycles. The van der Waals surface area contributed by atoms with Gasteiger partial charge >= 0.3 is 0 Å². The molecule has 0 spiro atoms. The Morgan fingerprint density at radius 3 is 2.38 bits per heavy atom. The summed E-state index contributed by atoms with van der Waals surface area (Å²) in [6.07, 6.45) is 5.89. The number of carbonyl (C=O) groups excluding carboxylic acids is 2. The molecule has 194 valence electrons. The number of nitrogens with zero attached hydrogens (tertiary/aromatic N) is 4. The van der Waals surface area contributed by atoms with Gasteiger partial charge in [0.25, 0.3) is 5.91 Å². The molecule has 1 saturated heterocycles. The quantitative estimate of drug-likeness (QED) is 0.425. The SMILES string of the molecule is COc1ccc(C(=O)N(CCN2CCC(C(=O)c3ccccc3)CC2)c2c3c(nn2C)CCCC3)cc1. The van der Waals surface area contributed by atoms with E-state index in [-0.39, 0.29) is 17.6 Å². The molecule has 5 rings (SSSR count). The van der Waals surface area contributed by atoms with Gasteiger partial charge in [-0.15, -0.1) is 0 Å². The third-order valence-electron chi connectivity index (χ3n) is 7.78. The average molecular weight is 501 g/mol. The lowest BCUT2D eigenvalue weighted by Gasteiger charge is -2.33. The Morgan fingerprint density at radius 1 is 0.973 bits per heavy atom. The van der Waals surface area contributed by atoms with Gasteiger partial charge in [-0.25, -0.2) is 0 Å². The molecule has 1 aliphatic heterocycles. The largest absolute Gasteiger partial charge is 0.497 e. The Hall–Kier alpha value is -3.45. The van der Waals surface area contributed by atoms with E-state index in [0.29, 0.717) is 12.1 Å². The highest BCUT2D eigenvalue weighted by molar-refractivity contribution is 6.06. The number of rotatable bonds is 8. The van der Waals surface area contributed by atoms with Crippen LogP contribution in [0.15, 0.2) is 54.6 Å². The van der Waals surface area contributed by atoms with Crippen molar-refractivity contribution in [3.05, 3.63) is 77.0 Å². The fourth-order valence-corrected chi connectivity index (χ4v) is 5.69. The van der Waals surface area contributed by atoms with E-state index in [0.717, 1.165) is 81.0 Å². The van der Waals surface area contributed by atoms with E-state index in [1.807, 2.05) is 71.2 Å². The van der Waals surface area contributed by atoms with Crippen LogP contribution < -0.4 is 9.64 Å². The number of hydrogen-bond donors (Lipinski definition) is 0. The fourth-order valence-electron chi connectivity index (χ4n) is 5.69. The molecule has 2 heterocycles. The summed E-state index contributed by atoms with van der Waals surface area (Å²) in [6.45, 7) is 3.05. The van der Waals surface area contributed by atoms with E-state index in [4.69, 9.17) is 9.84 Å². The first-order chi connectivity index (χ1) is 18.0. The van der Waals surface area contributed by atoms with Crippen molar-refractivity contribution in [3.63, 3.8) is 0 Å². The van der Waals surface area contributed by atoms with Gasteiger partial charge in [0.05, 0.1) is 12.8 Å². The first-order valence-corrected chi connectivity index (χ1v) is 13.4. The number of amides is 1. The number of ketones is 1. The molecule has 37 heavy (non-hydrogen) atoms. The zero-order valence-electron chi connectivity index (χ0n) is 21.9. The molecule has 1 aromatic heterocycles. The van der Waals surface area contributed by atoms with E-state index in [2.05, 4.69) is 4.90 Å². The van der Waals surface area contributed by atoms with Crippen LogP contribution in [0.3, 0.4) is 0 Å². The molecule has 3 aromatic rings. The number of carbonyl (C=O) groups is 2. The number of aromatic nitrogens is 2. The van der Waals surface area contributed by atoms with Crippen LogP contribution in [-0.4, -0.2) is 59.7 Å². The second-order valence-corrected chi connectivity index (χ2v) is 10.1. The lowest BCUT2D eigenvalue weighted by molar-refractivity contribution is 0.0841. The number of ether oxygens (including phenoxy) is 1. The molecule has 0 unspecified atom stereocenters. The second-order valence-electron chi connectivity index (χ2n) is 10.1. The number of anilines is 1. The van der Waals surface area contributed by atoms with Crippen molar-refractivity contribution in [1.29, 1.82) is 0 Å². The maximum absolute atomic E-state index is 13.8. The summed E-state index contributed by atoms with van der Waals surface area (Å²) in [4.78, 5) is 31.0. The number of Topliss-reactive ketones (excluding diaryl/α,β-unsaturated/α-hetero) is 1. The summed E-state index contributed by atoms with van der Waals surface area (Å²) >= 11 is 0.